The fraction of sp³-hybridized carbons (Fsp3) is 0.800. The van der Waals surface area contributed by atoms with Crippen LogP contribution in [-0.2, 0) is 4.79 Å². The van der Waals surface area contributed by atoms with E-state index in [0.717, 1.165) is 19.4 Å². The quantitative estimate of drug-likeness (QED) is 0.497. The molecule has 4 nitrogen and oxygen atoms in total. The molecule has 0 saturated carbocycles. The summed E-state index contributed by atoms with van der Waals surface area (Å²) in [6, 6.07) is -0.164. The van der Waals surface area contributed by atoms with Gasteiger partial charge in [-0.15, -0.1) is 5.11 Å². The molecule has 2 N–H and O–H groups in total. The SMILES string of the molecule is N=NC(=O)[C@@H]1CCCN1. The third-order valence-corrected chi connectivity index (χ3v) is 1.47. The summed E-state index contributed by atoms with van der Waals surface area (Å²) in [5.41, 5.74) is 6.41. The third kappa shape index (κ3) is 1.32. The smallest absolute Gasteiger partial charge is 0.280 e. The summed E-state index contributed by atoms with van der Waals surface area (Å²) < 4.78 is 0. The van der Waals surface area contributed by atoms with Gasteiger partial charge in [0.25, 0.3) is 5.91 Å². The van der Waals surface area contributed by atoms with Gasteiger partial charge in [-0.2, -0.15) is 0 Å². The highest BCUT2D eigenvalue weighted by molar-refractivity contribution is 5.81. The van der Waals surface area contributed by atoms with Gasteiger partial charge in [0.2, 0.25) is 0 Å². The normalized spacial score (nSPS) is 26.0. The van der Waals surface area contributed by atoms with Gasteiger partial charge in [-0.3, -0.25) is 4.79 Å². The second kappa shape index (κ2) is 2.68. The maximum absolute atomic E-state index is 10.6. The molecule has 0 aromatic carbocycles. The molecule has 0 aromatic heterocycles. The predicted octanol–water partition coefficient (Wildman–Crippen LogP) is 0.296. The van der Waals surface area contributed by atoms with Crippen LogP contribution in [0.1, 0.15) is 12.8 Å². The first-order valence-corrected chi connectivity index (χ1v) is 2.99. The highest BCUT2D eigenvalue weighted by Gasteiger charge is 2.20. The highest BCUT2D eigenvalue weighted by Crippen LogP contribution is 2.05. The lowest BCUT2D eigenvalue weighted by molar-refractivity contribution is -0.120. The van der Waals surface area contributed by atoms with Gasteiger partial charge in [-0.1, -0.05) is 0 Å². The Labute approximate surface area is 53.1 Å². The summed E-state index contributed by atoms with van der Waals surface area (Å²) in [6.07, 6.45) is 1.85. The van der Waals surface area contributed by atoms with Gasteiger partial charge in [0.1, 0.15) is 0 Å². The summed E-state index contributed by atoms with van der Waals surface area (Å²) in [7, 11) is 0. The second-order valence-electron chi connectivity index (χ2n) is 2.10. The van der Waals surface area contributed by atoms with Gasteiger partial charge in [-0.05, 0) is 19.4 Å². The Kier molecular flexibility index (Phi) is 1.89. The van der Waals surface area contributed by atoms with Crippen molar-refractivity contribution >= 4 is 5.91 Å². The highest BCUT2D eigenvalue weighted by atomic mass is 16.2. The molecule has 1 amide bonds. The van der Waals surface area contributed by atoms with Crippen LogP contribution in [0.4, 0.5) is 0 Å². The lowest BCUT2D eigenvalue weighted by Gasteiger charge is -2.00. The standard InChI is InChI=1S/C5H9N3O/c6-8-5(9)4-2-1-3-7-4/h4,6-7H,1-3H2/t4-/m0/s1. The van der Waals surface area contributed by atoms with E-state index in [1.165, 1.54) is 0 Å². The third-order valence-electron chi connectivity index (χ3n) is 1.47. The molecule has 1 atom stereocenters. The average Bonchev–Trinajstić information content (AvgIpc) is 2.37. The summed E-state index contributed by atoms with van der Waals surface area (Å²) in [4.78, 5) is 10.6. The van der Waals surface area contributed by atoms with Crippen molar-refractivity contribution in [1.82, 2.24) is 5.32 Å². The van der Waals surface area contributed by atoms with Crippen LogP contribution in [0, 0.1) is 5.53 Å². The first-order valence-electron chi connectivity index (χ1n) is 2.99. The number of hydrogen-bond acceptors (Lipinski definition) is 3. The molecule has 0 aliphatic carbocycles. The van der Waals surface area contributed by atoms with Crippen molar-refractivity contribution in [3.8, 4) is 0 Å². The molecular formula is C5H9N3O. The molecule has 1 fully saturated rings. The van der Waals surface area contributed by atoms with E-state index >= 15 is 0 Å². The van der Waals surface area contributed by atoms with E-state index in [1.54, 1.807) is 0 Å². The first-order chi connectivity index (χ1) is 4.34. The van der Waals surface area contributed by atoms with Crippen LogP contribution in [-0.4, -0.2) is 18.5 Å². The molecule has 0 aromatic rings. The summed E-state index contributed by atoms with van der Waals surface area (Å²) in [5.74, 6) is -0.340. The molecule has 1 aliphatic heterocycles. The summed E-state index contributed by atoms with van der Waals surface area (Å²) in [6.45, 7) is 0.881. The Bertz CT molecular complexity index is 128. The first kappa shape index (κ1) is 6.35. The fourth-order valence-electron chi connectivity index (χ4n) is 0.973. The van der Waals surface area contributed by atoms with Crippen molar-refractivity contribution in [3.63, 3.8) is 0 Å². The van der Waals surface area contributed by atoms with Gasteiger partial charge in [0, 0.05) is 0 Å². The topological polar surface area (TPSA) is 65.3 Å². The van der Waals surface area contributed by atoms with Gasteiger partial charge < -0.3 is 5.32 Å². The van der Waals surface area contributed by atoms with Gasteiger partial charge in [0.05, 0.1) is 6.04 Å². The second-order valence-corrected chi connectivity index (χ2v) is 2.10. The van der Waals surface area contributed by atoms with Crippen LogP contribution >= 0.6 is 0 Å². The van der Waals surface area contributed by atoms with E-state index in [1.807, 2.05) is 0 Å². The van der Waals surface area contributed by atoms with Crippen molar-refractivity contribution in [2.45, 2.75) is 18.9 Å². The van der Waals surface area contributed by atoms with E-state index < -0.39 is 0 Å². The zero-order valence-electron chi connectivity index (χ0n) is 5.05. The largest absolute Gasteiger partial charge is 0.306 e. The minimum atomic E-state index is -0.340. The summed E-state index contributed by atoms with van der Waals surface area (Å²) in [5, 5.41) is 5.76. The lowest BCUT2D eigenvalue weighted by Crippen LogP contribution is -2.28. The van der Waals surface area contributed by atoms with Gasteiger partial charge >= 0.3 is 0 Å². The number of nitrogens with one attached hydrogen (secondary N) is 2. The van der Waals surface area contributed by atoms with E-state index in [2.05, 4.69) is 10.4 Å². The predicted molar refractivity (Wildman–Crippen MR) is 31.2 cm³/mol. The van der Waals surface area contributed by atoms with Crippen LogP contribution in [0.25, 0.3) is 0 Å². The van der Waals surface area contributed by atoms with Crippen LogP contribution in [0.15, 0.2) is 5.11 Å². The molecular weight excluding hydrogens is 118 g/mol. The zero-order chi connectivity index (χ0) is 6.69. The molecule has 4 heteroatoms. The molecule has 1 heterocycles. The molecule has 0 bridgehead atoms. The molecule has 0 spiro atoms. The number of amides is 1. The van der Waals surface area contributed by atoms with Crippen LogP contribution < -0.4 is 5.32 Å². The molecule has 1 saturated heterocycles. The van der Waals surface area contributed by atoms with E-state index in [-0.39, 0.29) is 11.9 Å². The Morgan fingerprint density at radius 2 is 2.56 bits per heavy atom. The van der Waals surface area contributed by atoms with Crippen LogP contribution in [0.5, 0.6) is 0 Å². The van der Waals surface area contributed by atoms with Crippen molar-refractivity contribution in [1.29, 1.82) is 5.53 Å². The Morgan fingerprint density at radius 1 is 1.78 bits per heavy atom. The zero-order valence-corrected chi connectivity index (χ0v) is 5.05. The molecule has 1 aliphatic rings. The number of rotatable bonds is 1. The van der Waals surface area contributed by atoms with E-state index in [4.69, 9.17) is 5.53 Å². The fourth-order valence-corrected chi connectivity index (χ4v) is 0.973. The lowest BCUT2D eigenvalue weighted by atomic mass is 10.2. The summed E-state index contributed by atoms with van der Waals surface area (Å²) >= 11 is 0. The van der Waals surface area contributed by atoms with Gasteiger partial charge in [-0.25, -0.2) is 5.53 Å². The maximum atomic E-state index is 10.6. The van der Waals surface area contributed by atoms with Gasteiger partial charge in [0.15, 0.2) is 0 Å². The molecule has 0 radical (unpaired) electrons. The number of nitrogens with zero attached hydrogens (tertiary/aromatic N) is 1. The average molecular weight is 127 g/mol. The van der Waals surface area contributed by atoms with Crippen LogP contribution in [0.3, 0.4) is 0 Å². The number of carbonyl (C=O) groups excluding carboxylic acids is 1. The minimum absolute atomic E-state index is 0.164. The maximum Gasteiger partial charge on any atom is 0.280 e. The van der Waals surface area contributed by atoms with Crippen LogP contribution in [0.2, 0.25) is 0 Å². The van der Waals surface area contributed by atoms with Crippen molar-refractivity contribution < 1.29 is 4.79 Å². The van der Waals surface area contributed by atoms with Crippen molar-refractivity contribution in [2.75, 3.05) is 6.54 Å². The Hall–Kier alpha value is -0.770. The molecule has 1 rings (SSSR count). The molecule has 50 valence electrons. The van der Waals surface area contributed by atoms with Crippen molar-refractivity contribution in [2.24, 2.45) is 5.11 Å². The molecule has 9 heavy (non-hydrogen) atoms. The van der Waals surface area contributed by atoms with Crippen molar-refractivity contribution in [3.05, 3.63) is 0 Å². The minimum Gasteiger partial charge on any atom is -0.306 e. The monoisotopic (exact) mass is 127 g/mol. The number of hydrogen-bond donors (Lipinski definition) is 2. The van der Waals surface area contributed by atoms with E-state index in [9.17, 15) is 4.79 Å². The Morgan fingerprint density at radius 3 is 3.00 bits per heavy atom. The number of carbonyl (C=O) groups is 1. The Balaban J connectivity index is 2.41. The molecule has 0 unspecified atom stereocenters. The van der Waals surface area contributed by atoms with E-state index in [0.29, 0.717) is 0 Å².